The van der Waals surface area contributed by atoms with Gasteiger partial charge in [0.05, 0.1) is 25.2 Å². The van der Waals surface area contributed by atoms with Gasteiger partial charge < -0.3 is 26.5 Å². The first-order chi connectivity index (χ1) is 9.02. The molecule has 19 heavy (non-hydrogen) atoms. The normalized spacial score (nSPS) is 27.3. The first-order valence-electron chi connectivity index (χ1n) is 6.03. The first-order valence-corrected chi connectivity index (χ1v) is 6.03. The van der Waals surface area contributed by atoms with Crippen LogP contribution in [0.25, 0.3) is 0 Å². The second-order valence-electron chi connectivity index (χ2n) is 4.32. The second-order valence-corrected chi connectivity index (χ2v) is 4.32. The summed E-state index contributed by atoms with van der Waals surface area (Å²) in [4.78, 5) is 45.1. The van der Waals surface area contributed by atoms with Gasteiger partial charge in [0.1, 0.15) is 6.29 Å². The summed E-state index contributed by atoms with van der Waals surface area (Å²) in [5, 5.41) is 7.60. The molecule has 2 amide bonds. The molecular formula is C11H18N4O4. The molecule has 1 rings (SSSR count). The average molecular weight is 270 g/mol. The van der Waals surface area contributed by atoms with E-state index in [0.29, 0.717) is 6.29 Å². The maximum absolute atomic E-state index is 11.6. The lowest BCUT2D eigenvalue weighted by Gasteiger charge is -2.14. The zero-order valence-electron chi connectivity index (χ0n) is 10.5. The average Bonchev–Trinajstić information content (AvgIpc) is 2.41. The number of rotatable bonds is 1. The van der Waals surface area contributed by atoms with Crippen molar-refractivity contribution in [3.63, 3.8) is 0 Å². The maximum Gasteiger partial charge on any atom is 0.239 e. The molecule has 0 saturated carbocycles. The molecule has 2 unspecified atom stereocenters. The Labute approximate surface area is 110 Å². The molecule has 0 radical (unpaired) electrons. The van der Waals surface area contributed by atoms with Gasteiger partial charge in [0.25, 0.3) is 0 Å². The lowest BCUT2D eigenvalue weighted by atomic mass is 10.1. The van der Waals surface area contributed by atoms with Crippen LogP contribution in [0.5, 0.6) is 0 Å². The van der Waals surface area contributed by atoms with E-state index in [4.69, 9.17) is 5.73 Å². The Balaban J connectivity index is 2.64. The molecule has 1 aliphatic rings. The number of nitrogens with one attached hydrogen (secondary N) is 3. The van der Waals surface area contributed by atoms with Crippen molar-refractivity contribution in [2.75, 3.05) is 19.6 Å². The summed E-state index contributed by atoms with van der Waals surface area (Å²) in [6.45, 7) is -0.234. The zero-order chi connectivity index (χ0) is 14.3. The lowest BCUT2D eigenvalue weighted by Crippen LogP contribution is -2.48. The van der Waals surface area contributed by atoms with E-state index in [1.807, 2.05) is 0 Å². The molecule has 8 nitrogen and oxygen atoms in total. The van der Waals surface area contributed by atoms with E-state index < -0.39 is 18.0 Å². The van der Waals surface area contributed by atoms with E-state index in [0.717, 1.165) is 0 Å². The summed E-state index contributed by atoms with van der Waals surface area (Å²) in [7, 11) is 0. The number of ketones is 1. The third-order valence-electron chi connectivity index (χ3n) is 2.76. The molecule has 0 aromatic carbocycles. The first kappa shape index (κ1) is 15.3. The molecule has 1 fully saturated rings. The van der Waals surface area contributed by atoms with E-state index in [9.17, 15) is 19.2 Å². The third kappa shape index (κ3) is 5.58. The van der Waals surface area contributed by atoms with Gasteiger partial charge in [0.2, 0.25) is 11.8 Å². The Bertz CT molecular complexity index is 372. The van der Waals surface area contributed by atoms with Crippen LogP contribution in [0.4, 0.5) is 0 Å². The highest BCUT2D eigenvalue weighted by Crippen LogP contribution is 1.96. The Hall–Kier alpha value is -1.80. The highest BCUT2D eigenvalue weighted by Gasteiger charge is 2.18. The number of Topliss-reactive ketones (excluding diaryl/α,β-unsaturated/α-hetero) is 1. The van der Waals surface area contributed by atoms with Gasteiger partial charge in [-0.05, 0) is 6.42 Å². The van der Waals surface area contributed by atoms with Crippen LogP contribution in [-0.2, 0) is 19.2 Å². The number of carbonyl (C=O) groups excluding carboxylic acids is 4. The quantitative estimate of drug-likeness (QED) is 0.377. The molecule has 0 spiro atoms. The summed E-state index contributed by atoms with van der Waals surface area (Å²) in [5.41, 5.74) is 5.59. The van der Waals surface area contributed by atoms with Crippen molar-refractivity contribution < 1.29 is 19.2 Å². The maximum atomic E-state index is 11.6. The summed E-state index contributed by atoms with van der Waals surface area (Å²) in [6, 6.07) is -1.41. The van der Waals surface area contributed by atoms with Crippen molar-refractivity contribution in [2.24, 2.45) is 5.73 Å². The minimum atomic E-state index is -0.833. The molecule has 0 bridgehead atoms. The number of amides is 2. The van der Waals surface area contributed by atoms with Crippen LogP contribution in [0.2, 0.25) is 0 Å². The van der Waals surface area contributed by atoms with Crippen LogP contribution in [0.15, 0.2) is 0 Å². The largest absolute Gasteiger partial charge is 0.353 e. The molecule has 0 aliphatic carbocycles. The van der Waals surface area contributed by atoms with Crippen LogP contribution in [0.1, 0.15) is 12.8 Å². The monoisotopic (exact) mass is 270 g/mol. The van der Waals surface area contributed by atoms with Gasteiger partial charge in [-0.15, -0.1) is 0 Å². The van der Waals surface area contributed by atoms with Gasteiger partial charge in [-0.1, -0.05) is 0 Å². The van der Waals surface area contributed by atoms with Crippen LogP contribution < -0.4 is 21.7 Å². The van der Waals surface area contributed by atoms with Crippen molar-refractivity contribution in [1.82, 2.24) is 16.0 Å². The van der Waals surface area contributed by atoms with Crippen LogP contribution in [0, 0.1) is 0 Å². The van der Waals surface area contributed by atoms with Crippen molar-refractivity contribution in [3.8, 4) is 0 Å². The topological polar surface area (TPSA) is 130 Å². The number of hydrogen-bond donors (Lipinski definition) is 4. The van der Waals surface area contributed by atoms with E-state index in [1.54, 1.807) is 0 Å². The molecule has 106 valence electrons. The van der Waals surface area contributed by atoms with Crippen LogP contribution in [0.3, 0.4) is 0 Å². The smallest absolute Gasteiger partial charge is 0.239 e. The fourth-order valence-electron chi connectivity index (χ4n) is 1.53. The highest BCUT2D eigenvalue weighted by molar-refractivity contribution is 5.88. The minimum Gasteiger partial charge on any atom is -0.353 e. The molecule has 1 saturated heterocycles. The van der Waals surface area contributed by atoms with Crippen LogP contribution >= 0.6 is 0 Å². The van der Waals surface area contributed by atoms with Gasteiger partial charge >= 0.3 is 0 Å². The van der Waals surface area contributed by atoms with Crippen molar-refractivity contribution in [1.29, 1.82) is 0 Å². The van der Waals surface area contributed by atoms with Gasteiger partial charge in [-0.25, -0.2) is 0 Å². The van der Waals surface area contributed by atoms with E-state index >= 15 is 0 Å². The van der Waals surface area contributed by atoms with Crippen molar-refractivity contribution >= 4 is 23.9 Å². The number of aldehydes is 1. The van der Waals surface area contributed by atoms with Gasteiger partial charge in [-0.2, -0.15) is 0 Å². The standard InChI is InChI=1S/C11H18N4O4/c12-8-3-14-11(19)5-15-10(18)2-1-7(6-16)13-4-9(8)17/h6-8,13H,1-5,12H2,(H,14,19)(H,15,18). The van der Waals surface area contributed by atoms with Crippen LogP contribution in [-0.4, -0.2) is 55.6 Å². The summed E-state index contributed by atoms with van der Waals surface area (Å²) < 4.78 is 0. The molecule has 8 heteroatoms. The zero-order valence-corrected chi connectivity index (χ0v) is 10.5. The van der Waals surface area contributed by atoms with Gasteiger partial charge in [-0.3, -0.25) is 14.4 Å². The Morgan fingerprint density at radius 3 is 2.53 bits per heavy atom. The number of hydrogen-bond acceptors (Lipinski definition) is 6. The molecule has 0 aromatic rings. The summed E-state index contributed by atoms with van der Waals surface area (Å²) in [6.07, 6.45) is 1.01. The lowest BCUT2D eigenvalue weighted by molar-refractivity contribution is -0.126. The van der Waals surface area contributed by atoms with Gasteiger partial charge in [0.15, 0.2) is 5.78 Å². The van der Waals surface area contributed by atoms with E-state index in [1.165, 1.54) is 0 Å². The predicted molar refractivity (Wildman–Crippen MR) is 66.1 cm³/mol. The number of nitrogens with two attached hydrogens (primary N) is 1. The fraction of sp³-hybridized carbons (Fsp3) is 0.636. The molecule has 0 aromatic heterocycles. The molecule has 5 N–H and O–H groups in total. The summed E-state index contributed by atoms with van der Waals surface area (Å²) >= 11 is 0. The Morgan fingerprint density at radius 2 is 1.84 bits per heavy atom. The van der Waals surface area contributed by atoms with Crippen molar-refractivity contribution in [3.05, 3.63) is 0 Å². The number of carbonyl (C=O) groups is 4. The predicted octanol–water partition coefficient (Wildman–Crippen LogP) is -2.93. The summed E-state index contributed by atoms with van der Waals surface area (Å²) in [5.74, 6) is -1.03. The van der Waals surface area contributed by atoms with Crippen molar-refractivity contribution in [2.45, 2.75) is 24.9 Å². The fourth-order valence-corrected chi connectivity index (χ4v) is 1.53. The molecular weight excluding hydrogens is 252 g/mol. The van der Waals surface area contributed by atoms with Gasteiger partial charge in [0, 0.05) is 13.0 Å². The second kappa shape index (κ2) is 7.59. The highest BCUT2D eigenvalue weighted by atomic mass is 16.2. The van der Waals surface area contributed by atoms with E-state index in [2.05, 4.69) is 16.0 Å². The minimum absolute atomic E-state index is 0.000965. The SMILES string of the molecule is NC1CNC(=O)CNC(=O)CCC(C=O)NCC1=O. The third-order valence-corrected chi connectivity index (χ3v) is 2.76. The molecule has 1 aliphatic heterocycles. The molecule has 1 heterocycles. The molecule has 2 atom stereocenters. The Kier molecular flexibility index (Phi) is 6.10. The Morgan fingerprint density at radius 1 is 1.11 bits per heavy atom. The van der Waals surface area contributed by atoms with E-state index in [-0.39, 0.29) is 44.2 Å².